The van der Waals surface area contributed by atoms with Crippen LogP contribution in [-0.2, 0) is 4.79 Å². The van der Waals surface area contributed by atoms with Crippen LogP contribution in [0.3, 0.4) is 0 Å². The molecule has 0 fully saturated rings. The van der Waals surface area contributed by atoms with Crippen LogP contribution in [0.4, 0.5) is 0 Å². The van der Waals surface area contributed by atoms with Crippen molar-refractivity contribution in [2.24, 2.45) is 0 Å². The number of halogens is 1. The maximum Gasteiger partial charge on any atom is 0.304 e. The van der Waals surface area contributed by atoms with Crippen LogP contribution in [-0.4, -0.2) is 35.1 Å². The van der Waals surface area contributed by atoms with Gasteiger partial charge in [0.15, 0.2) is 0 Å². The average Bonchev–Trinajstić information content (AvgIpc) is 1.98. The third-order valence-corrected chi connectivity index (χ3v) is 2.12. The van der Waals surface area contributed by atoms with Gasteiger partial charge in [0.2, 0.25) is 0 Å². The fourth-order valence-corrected chi connectivity index (χ4v) is 1.50. The van der Waals surface area contributed by atoms with Crippen molar-refractivity contribution in [2.45, 2.75) is 26.3 Å². The summed E-state index contributed by atoms with van der Waals surface area (Å²) >= 11 is 3.27. The Kier molecular flexibility index (Phi) is 5.99. The molecule has 0 bridgehead atoms. The maximum atomic E-state index is 10.5. The Morgan fingerprint density at radius 1 is 1.69 bits per heavy atom. The number of carboxylic acids is 1. The molecular weight excluding hydrogens is 234 g/mol. The normalized spacial score (nSPS) is 12.9. The molecular formula is C9H16BrNO2. The van der Waals surface area contributed by atoms with E-state index in [4.69, 9.17) is 5.11 Å². The van der Waals surface area contributed by atoms with Crippen LogP contribution in [0.2, 0.25) is 0 Å². The highest BCUT2D eigenvalue weighted by molar-refractivity contribution is 9.11. The highest BCUT2D eigenvalue weighted by atomic mass is 79.9. The molecule has 76 valence electrons. The van der Waals surface area contributed by atoms with Gasteiger partial charge in [0.1, 0.15) is 0 Å². The third-order valence-electron chi connectivity index (χ3n) is 1.87. The lowest BCUT2D eigenvalue weighted by Crippen LogP contribution is -2.35. The number of rotatable bonds is 6. The molecule has 0 rings (SSSR count). The number of nitrogens with zero attached hydrogens (tertiary/aromatic N) is 1. The molecule has 1 N–H and O–H groups in total. The van der Waals surface area contributed by atoms with Gasteiger partial charge in [0, 0.05) is 17.1 Å². The predicted octanol–water partition coefficient (Wildman–Crippen LogP) is 2.08. The minimum atomic E-state index is -0.758. The molecule has 1 atom stereocenters. The number of carbonyl (C=O) groups is 1. The topological polar surface area (TPSA) is 40.5 Å². The van der Waals surface area contributed by atoms with Crippen LogP contribution in [0.15, 0.2) is 11.1 Å². The molecule has 0 radical (unpaired) electrons. The molecule has 0 saturated carbocycles. The van der Waals surface area contributed by atoms with E-state index in [0.717, 1.165) is 11.0 Å². The molecule has 3 nitrogen and oxygen atoms in total. The van der Waals surface area contributed by atoms with Crippen molar-refractivity contribution in [1.82, 2.24) is 4.90 Å². The van der Waals surface area contributed by atoms with Crippen LogP contribution in [0.25, 0.3) is 0 Å². The van der Waals surface area contributed by atoms with Crippen molar-refractivity contribution < 1.29 is 9.90 Å². The van der Waals surface area contributed by atoms with E-state index in [1.165, 1.54) is 0 Å². The molecule has 0 aromatic carbocycles. The molecule has 0 saturated heterocycles. The monoisotopic (exact) mass is 249 g/mol. The van der Waals surface area contributed by atoms with Gasteiger partial charge >= 0.3 is 5.97 Å². The first-order valence-electron chi connectivity index (χ1n) is 4.26. The summed E-state index contributed by atoms with van der Waals surface area (Å²) in [6.45, 7) is 9.18. The maximum absolute atomic E-state index is 10.5. The van der Waals surface area contributed by atoms with Crippen LogP contribution in [0, 0.1) is 0 Å². The van der Waals surface area contributed by atoms with Crippen LogP contribution in [0.5, 0.6) is 0 Å². The lowest BCUT2D eigenvalue weighted by atomic mass is 10.2. The molecule has 0 aliphatic carbocycles. The molecule has 1 unspecified atom stereocenters. The number of hydrogen-bond donors (Lipinski definition) is 1. The van der Waals surface area contributed by atoms with E-state index in [1.54, 1.807) is 0 Å². The molecule has 0 aromatic rings. The SMILES string of the molecule is C=C(Br)CN(CC)C(C)CC(=O)O. The molecule has 0 aliphatic heterocycles. The first-order chi connectivity index (χ1) is 5.97. The summed E-state index contributed by atoms with van der Waals surface area (Å²) in [5.74, 6) is -0.758. The van der Waals surface area contributed by atoms with Gasteiger partial charge in [-0.2, -0.15) is 0 Å². The average molecular weight is 250 g/mol. The fourth-order valence-electron chi connectivity index (χ4n) is 1.18. The second kappa shape index (κ2) is 6.16. The van der Waals surface area contributed by atoms with Gasteiger partial charge in [0.05, 0.1) is 6.42 Å². The van der Waals surface area contributed by atoms with E-state index in [9.17, 15) is 4.79 Å². The predicted molar refractivity (Wildman–Crippen MR) is 57.0 cm³/mol. The van der Waals surface area contributed by atoms with Crippen molar-refractivity contribution in [2.75, 3.05) is 13.1 Å². The summed E-state index contributed by atoms with van der Waals surface area (Å²) in [6, 6.07) is 0.0526. The van der Waals surface area contributed by atoms with E-state index in [2.05, 4.69) is 27.4 Å². The van der Waals surface area contributed by atoms with Gasteiger partial charge < -0.3 is 5.11 Å². The van der Waals surface area contributed by atoms with Gasteiger partial charge in [-0.1, -0.05) is 29.4 Å². The second-order valence-corrected chi connectivity index (χ2v) is 4.15. The molecule has 4 heteroatoms. The largest absolute Gasteiger partial charge is 0.481 e. The van der Waals surface area contributed by atoms with Crippen molar-refractivity contribution >= 4 is 21.9 Å². The Balaban J connectivity index is 4.06. The van der Waals surface area contributed by atoms with Crippen LogP contribution in [0.1, 0.15) is 20.3 Å². The Morgan fingerprint density at radius 2 is 2.23 bits per heavy atom. The van der Waals surface area contributed by atoms with E-state index < -0.39 is 5.97 Å². The minimum Gasteiger partial charge on any atom is -0.481 e. The summed E-state index contributed by atoms with van der Waals surface area (Å²) < 4.78 is 0.881. The Labute approximate surface area is 87.6 Å². The highest BCUT2D eigenvalue weighted by Crippen LogP contribution is 2.09. The van der Waals surface area contributed by atoms with E-state index in [-0.39, 0.29) is 12.5 Å². The lowest BCUT2D eigenvalue weighted by molar-refractivity contribution is -0.138. The number of carboxylic acid groups (broad SMARTS) is 1. The summed E-state index contributed by atoms with van der Waals surface area (Å²) in [5.41, 5.74) is 0. The van der Waals surface area contributed by atoms with Gasteiger partial charge in [-0.3, -0.25) is 9.69 Å². The standard InChI is InChI=1S/C9H16BrNO2/c1-4-11(6-7(2)10)8(3)5-9(12)13/h8H,2,4-6H2,1,3H3,(H,12,13). The van der Waals surface area contributed by atoms with Crippen molar-refractivity contribution in [3.05, 3.63) is 11.1 Å². The van der Waals surface area contributed by atoms with E-state index >= 15 is 0 Å². The molecule has 0 amide bonds. The zero-order chi connectivity index (χ0) is 10.4. The van der Waals surface area contributed by atoms with Gasteiger partial charge in [-0.05, 0) is 13.5 Å². The fraction of sp³-hybridized carbons (Fsp3) is 0.667. The van der Waals surface area contributed by atoms with E-state index in [0.29, 0.717) is 6.54 Å². The summed E-state index contributed by atoms with van der Waals surface area (Å²) in [5, 5.41) is 8.60. The van der Waals surface area contributed by atoms with Crippen LogP contribution >= 0.6 is 15.9 Å². The minimum absolute atomic E-state index is 0.0526. The van der Waals surface area contributed by atoms with Crippen molar-refractivity contribution in [3.8, 4) is 0 Å². The zero-order valence-electron chi connectivity index (χ0n) is 8.09. The summed E-state index contributed by atoms with van der Waals surface area (Å²) in [4.78, 5) is 12.5. The summed E-state index contributed by atoms with van der Waals surface area (Å²) in [6.07, 6.45) is 0.175. The van der Waals surface area contributed by atoms with Gasteiger partial charge in [0.25, 0.3) is 0 Å². The number of likely N-dealkylation sites (N-methyl/N-ethyl adjacent to an activating group) is 1. The molecule has 0 spiro atoms. The molecule has 0 aliphatic rings. The Morgan fingerprint density at radius 3 is 2.54 bits per heavy atom. The summed E-state index contributed by atoms with van der Waals surface area (Å²) in [7, 11) is 0. The quantitative estimate of drug-likeness (QED) is 0.784. The van der Waals surface area contributed by atoms with Gasteiger partial charge in [-0.25, -0.2) is 0 Å². The lowest BCUT2D eigenvalue weighted by Gasteiger charge is -2.26. The molecule has 0 aromatic heterocycles. The third kappa shape index (κ3) is 5.82. The first-order valence-corrected chi connectivity index (χ1v) is 5.05. The number of hydrogen-bond acceptors (Lipinski definition) is 2. The zero-order valence-corrected chi connectivity index (χ0v) is 9.67. The molecule has 0 heterocycles. The Bertz CT molecular complexity index is 194. The van der Waals surface area contributed by atoms with Crippen molar-refractivity contribution in [1.29, 1.82) is 0 Å². The second-order valence-electron chi connectivity index (χ2n) is 3.03. The Hall–Kier alpha value is -0.350. The van der Waals surface area contributed by atoms with Crippen LogP contribution < -0.4 is 0 Å². The number of aliphatic carboxylic acids is 1. The smallest absolute Gasteiger partial charge is 0.304 e. The van der Waals surface area contributed by atoms with Crippen molar-refractivity contribution in [3.63, 3.8) is 0 Å². The van der Waals surface area contributed by atoms with Gasteiger partial charge in [-0.15, -0.1) is 0 Å². The first kappa shape index (κ1) is 12.7. The molecule has 13 heavy (non-hydrogen) atoms. The highest BCUT2D eigenvalue weighted by Gasteiger charge is 2.15. The van der Waals surface area contributed by atoms with E-state index in [1.807, 2.05) is 13.8 Å².